The predicted molar refractivity (Wildman–Crippen MR) is 50.5 cm³/mol. The van der Waals surface area contributed by atoms with Gasteiger partial charge in [0.05, 0.1) is 10.9 Å². The van der Waals surface area contributed by atoms with Gasteiger partial charge in [-0.1, -0.05) is 5.16 Å². The number of rotatable bonds is 2. The first-order valence-corrected chi connectivity index (χ1v) is 4.40. The van der Waals surface area contributed by atoms with Crippen molar-refractivity contribution in [3.05, 3.63) is 29.5 Å². The molecule has 0 aliphatic rings. The minimum Gasteiger partial charge on any atom is -0.478 e. The summed E-state index contributed by atoms with van der Waals surface area (Å²) in [6.45, 7) is 0.704. The second-order valence-corrected chi connectivity index (χ2v) is 3.44. The molecule has 0 saturated carbocycles. The Balaban J connectivity index is 2.64. The van der Waals surface area contributed by atoms with Gasteiger partial charge in [0.25, 0.3) is 5.92 Å². The van der Waals surface area contributed by atoms with Gasteiger partial charge >= 0.3 is 5.97 Å². The number of carbonyl (C=O) groups is 1. The molecule has 1 heterocycles. The monoisotopic (exact) mass is 227 g/mol. The molecule has 1 N–H and O–H groups in total. The van der Waals surface area contributed by atoms with Gasteiger partial charge in [-0.15, -0.1) is 0 Å². The maximum atomic E-state index is 13.0. The number of carboxylic acid groups (broad SMARTS) is 1. The van der Waals surface area contributed by atoms with Crippen LogP contribution in [-0.4, -0.2) is 16.2 Å². The molecule has 0 amide bonds. The third-order valence-corrected chi connectivity index (χ3v) is 2.13. The Morgan fingerprint density at radius 2 is 2.19 bits per heavy atom. The minimum atomic E-state index is -3.12. The van der Waals surface area contributed by atoms with E-state index < -0.39 is 17.6 Å². The van der Waals surface area contributed by atoms with Crippen molar-refractivity contribution < 1.29 is 23.2 Å². The number of hydrogen-bond donors (Lipinski definition) is 1. The lowest BCUT2D eigenvalue weighted by atomic mass is 10.1. The minimum absolute atomic E-state index is 0.0328. The number of aromatic carboxylic acids is 1. The third-order valence-electron chi connectivity index (χ3n) is 2.13. The number of alkyl halides is 2. The maximum absolute atomic E-state index is 13.0. The number of carboxylic acids is 1. The van der Waals surface area contributed by atoms with Gasteiger partial charge in [0.1, 0.15) is 0 Å². The number of fused-ring (bicyclic) bond motifs is 1. The first-order valence-electron chi connectivity index (χ1n) is 4.40. The number of aromatic nitrogens is 1. The summed E-state index contributed by atoms with van der Waals surface area (Å²) in [7, 11) is 0. The van der Waals surface area contributed by atoms with Gasteiger partial charge in [-0.05, 0) is 18.2 Å². The number of benzene rings is 1. The van der Waals surface area contributed by atoms with Crippen molar-refractivity contribution in [2.24, 2.45) is 0 Å². The molecule has 0 saturated heterocycles. The standard InChI is InChI=1S/C10H7F2NO3/c1-10(11,12)8-6-3-2-5(9(14)15)4-7(6)16-13-8/h2-4H,1H3,(H,14,15). The highest BCUT2D eigenvalue weighted by Gasteiger charge is 2.31. The van der Waals surface area contributed by atoms with Crippen LogP contribution in [0, 0.1) is 0 Å². The Bertz CT molecular complexity index is 557. The second kappa shape index (κ2) is 3.26. The fourth-order valence-corrected chi connectivity index (χ4v) is 1.39. The first-order chi connectivity index (χ1) is 7.39. The Morgan fingerprint density at radius 1 is 1.50 bits per heavy atom. The summed E-state index contributed by atoms with van der Waals surface area (Å²) in [4.78, 5) is 10.6. The van der Waals surface area contributed by atoms with Crippen LogP contribution in [-0.2, 0) is 5.92 Å². The van der Waals surface area contributed by atoms with E-state index in [1.807, 2.05) is 0 Å². The van der Waals surface area contributed by atoms with Crippen LogP contribution in [0.2, 0.25) is 0 Å². The quantitative estimate of drug-likeness (QED) is 0.856. The SMILES string of the molecule is CC(F)(F)c1noc2cc(C(=O)O)ccc12. The van der Waals surface area contributed by atoms with Gasteiger partial charge in [0.15, 0.2) is 11.3 Å². The van der Waals surface area contributed by atoms with Crippen LogP contribution in [0.1, 0.15) is 23.0 Å². The van der Waals surface area contributed by atoms with Gasteiger partial charge in [0, 0.05) is 6.92 Å². The molecule has 1 aromatic carbocycles. The van der Waals surface area contributed by atoms with Crippen LogP contribution in [0.4, 0.5) is 8.78 Å². The fourth-order valence-electron chi connectivity index (χ4n) is 1.39. The molecule has 1 aromatic heterocycles. The summed E-state index contributed by atoms with van der Waals surface area (Å²) < 4.78 is 30.7. The lowest BCUT2D eigenvalue weighted by molar-refractivity contribution is 0.0112. The summed E-state index contributed by atoms with van der Waals surface area (Å²) in [6, 6.07) is 3.67. The molecule has 0 atom stereocenters. The van der Waals surface area contributed by atoms with E-state index in [0.717, 1.165) is 0 Å². The topological polar surface area (TPSA) is 63.3 Å². The molecule has 2 aromatic rings. The summed E-state index contributed by atoms with van der Waals surface area (Å²) in [5.74, 6) is -4.26. The third kappa shape index (κ3) is 1.62. The zero-order chi connectivity index (χ0) is 11.9. The van der Waals surface area contributed by atoms with Gasteiger partial charge in [-0.25, -0.2) is 4.79 Å². The molecule has 2 rings (SSSR count). The highest BCUT2D eigenvalue weighted by molar-refractivity contribution is 5.93. The number of nitrogens with zero attached hydrogens (tertiary/aromatic N) is 1. The van der Waals surface area contributed by atoms with E-state index in [1.54, 1.807) is 0 Å². The van der Waals surface area contributed by atoms with Gasteiger partial charge in [-0.3, -0.25) is 0 Å². The van der Waals surface area contributed by atoms with Crippen LogP contribution in [0.15, 0.2) is 22.7 Å². The fraction of sp³-hybridized carbons (Fsp3) is 0.200. The van der Waals surface area contributed by atoms with Crippen LogP contribution >= 0.6 is 0 Å². The summed E-state index contributed by atoms with van der Waals surface area (Å²) in [6.07, 6.45) is 0. The van der Waals surface area contributed by atoms with Crippen LogP contribution in [0.3, 0.4) is 0 Å². The molecule has 0 radical (unpaired) electrons. The Kier molecular flexibility index (Phi) is 2.15. The number of halogens is 2. The van der Waals surface area contributed by atoms with E-state index >= 15 is 0 Å². The molecule has 6 heteroatoms. The van der Waals surface area contributed by atoms with E-state index in [2.05, 4.69) is 9.68 Å². The van der Waals surface area contributed by atoms with Crippen molar-refractivity contribution >= 4 is 16.9 Å². The lowest BCUT2D eigenvalue weighted by Crippen LogP contribution is -2.07. The van der Waals surface area contributed by atoms with Gasteiger partial charge in [0.2, 0.25) is 0 Å². The van der Waals surface area contributed by atoms with Crippen molar-refractivity contribution in [1.82, 2.24) is 5.16 Å². The molecule has 0 bridgehead atoms. The van der Waals surface area contributed by atoms with E-state index in [1.165, 1.54) is 18.2 Å². The van der Waals surface area contributed by atoms with Crippen molar-refractivity contribution in [2.75, 3.05) is 0 Å². The molecule has 84 valence electrons. The van der Waals surface area contributed by atoms with Gasteiger partial charge < -0.3 is 9.63 Å². The smallest absolute Gasteiger partial charge is 0.335 e. The van der Waals surface area contributed by atoms with Crippen molar-refractivity contribution in [3.63, 3.8) is 0 Å². The first kappa shape index (κ1) is 10.5. The highest BCUT2D eigenvalue weighted by atomic mass is 19.3. The molecular formula is C10H7F2NO3. The van der Waals surface area contributed by atoms with E-state index in [-0.39, 0.29) is 16.5 Å². The molecule has 0 unspecified atom stereocenters. The zero-order valence-electron chi connectivity index (χ0n) is 8.20. The van der Waals surface area contributed by atoms with Crippen LogP contribution in [0.25, 0.3) is 11.0 Å². The second-order valence-electron chi connectivity index (χ2n) is 3.44. The summed E-state index contributed by atoms with van der Waals surface area (Å²) >= 11 is 0. The normalized spacial score (nSPS) is 11.9. The largest absolute Gasteiger partial charge is 0.478 e. The van der Waals surface area contributed by atoms with Crippen molar-refractivity contribution in [1.29, 1.82) is 0 Å². The van der Waals surface area contributed by atoms with Crippen molar-refractivity contribution in [3.8, 4) is 0 Å². The average molecular weight is 227 g/mol. The highest BCUT2D eigenvalue weighted by Crippen LogP contribution is 2.32. The maximum Gasteiger partial charge on any atom is 0.335 e. The molecule has 0 aliphatic heterocycles. The molecule has 16 heavy (non-hydrogen) atoms. The summed E-state index contributed by atoms with van der Waals surface area (Å²) in [5, 5.41) is 12.1. The molecular weight excluding hydrogens is 220 g/mol. The van der Waals surface area contributed by atoms with Gasteiger partial charge in [-0.2, -0.15) is 8.78 Å². The molecule has 0 fully saturated rings. The lowest BCUT2D eigenvalue weighted by Gasteiger charge is -2.04. The van der Waals surface area contributed by atoms with E-state index in [9.17, 15) is 13.6 Å². The van der Waals surface area contributed by atoms with E-state index in [0.29, 0.717) is 6.92 Å². The van der Waals surface area contributed by atoms with Crippen LogP contribution < -0.4 is 0 Å². The summed E-state index contributed by atoms with van der Waals surface area (Å²) in [5.41, 5.74) is -0.481. The average Bonchev–Trinajstić information content (AvgIpc) is 2.58. The number of hydrogen-bond acceptors (Lipinski definition) is 3. The predicted octanol–water partition coefficient (Wildman–Crippen LogP) is 2.64. The Hall–Kier alpha value is -1.98. The Labute approximate surface area is 88.5 Å². The van der Waals surface area contributed by atoms with Crippen LogP contribution in [0.5, 0.6) is 0 Å². The molecule has 0 spiro atoms. The Morgan fingerprint density at radius 3 is 2.75 bits per heavy atom. The zero-order valence-corrected chi connectivity index (χ0v) is 8.20. The van der Waals surface area contributed by atoms with E-state index in [4.69, 9.17) is 5.11 Å². The van der Waals surface area contributed by atoms with Crippen molar-refractivity contribution in [2.45, 2.75) is 12.8 Å². The molecule has 0 aliphatic carbocycles. The molecule has 4 nitrogen and oxygen atoms in total.